The zero-order chi connectivity index (χ0) is 21.8. The maximum Gasteiger partial charge on any atom is 0.338 e. The van der Waals surface area contributed by atoms with Gasteiger partial charge in [-0.05, 0) is 56.4 Å². The number of carbonyl (C=O) groups is 3. The van der Waals surface area contributed by atoms with Crippen molar-refractivity contribution in [3.63, 3.8) is 0 Å². The number of carbonyl (C=O) groups excluding carboxylic acids is 3. The van der Waals surface area contributed by atoms with Gasteiger partial charge in [0.2, 0.25) is 5.91 Å². The van der Waals surface area contributed by atoms with E-state index < -0.39 is 5.97 Å². The number of fused-ring (bicyclic) bond motifs is 3. The number of nitrogens with zero attached hydrogens (tertiary/aromatic N) is 1. The zero-order valence-electron chi connectivity index (χ0n) is 17.6. The van der Waals surface area contributed by atoms with E-state index in [4.69, 9.17) is 4.74 Å². The first-order valence-electron chi connectivity index (χ1n) is 10.7. The quantitative estimate of drug-likeness (QED) is 0.672. The highest BCUT2D eigenvalue weighted by molar-refractivity contribution is 6.05. The summed E-state index contributed by atoms with van der Waals surface area (Å²) >= 11 is 0. The molecule has 2 aliphatic rings. The predicted octanol–water partition coefficient (Wildman–Crippen LogP) is 2.90. The molecule has 2 atom stereocenters. The summed E-state index contributed by atoms with van der Waals surface area (Å²) in [4.78, 5) is 38.9. The summed E-state index contributed by atoms with van der Waals surface area (Å²) < 4.78 is 5.18. The number of anilines is 2. The highest BCUT2D eigenvalue weighted by Crippen LogP contribution is 2.37. The van der Waals surface area contributed by atoms with Crippen molar-refractivity contribution in [2.75, 3.05) is 23.4 Å². The molecule has 2 aliphatic heterocycles. The van der Waals surface area contributed by atoms with E-state index in [0.717, 1.165) is 37.9 Å². The Morgan fingerprint density at radius 3 is 2.84 bits per heavy atom. The first kappa shape index (κ1) is 20.9. The molecule has 0 spiro atoms. The first-order valence-corrected chi connectivity index (χ1v) is 10.7. The molecule has 0 unspecified atom stereocenters. The second-order valence-corrected chi connectivity index (χ2v) is 8.14. The molecule has 2 aromatic carbocycles. The summed E-state index contributed by atoms with van der Waals surface area (Å²) in [6.07, 6.45) is 3.47. The van der Waals surface area contributed by atoms with E-state index >= 15 is 0 Å². The topological polar surface area (TPSA) is 87.7 Å². The summed E-state index contributed by atoms with van der Waals surface area (Å²) in [7, 11) is 0. The summed E-state index contributed by atoms with van der Waals surface area (Å²) in [5, 5.41) is 5.74. The molecule has 2 amide bonds. The third-order valence-corrected chi connectivity index (χ3v) is 5.81. The normalized spacial score (nSPS) is 17.9. The molecule has 31 heavy (non-hydrogen) atoms. The number of nitrogens with one attached hydrogen (secondary N) is 2. The molecule has 0 aromatic heterocycles. The van der Waals surface area contributed by atoms with E-state index in [0.29, 0.717) is 11.3 Å². The van der Waals surface area contributed by atoms with Gasteiger partial charge in [-0.15, -0.1) is 0 Å². The van der Waals surface area contributed by atoms with Crippen molar-refractivity contribution >= 4 is 29.2 Å². The molecular formula is C24H27N3O4. The number of benzene rings is 2. The van der Waals surface area contributed by atoms with Gasteiger partial charge >= 0.3 is 5.97 Å². The fourth-order valence-corrected chi connectivity index (χ4v) is 4.19. The number of hydrogen-bond donors (Lipinski definition) is 2. The van der Waals surface area contributed by atoms with Gasteiger partial charge < -0.3 is 20.3 Å². The van der Waals surface area contributed by atoms with E-state index in [2.05, 4.69) is 27.7 Å². The van der Waals surface area contributed by atoms with E-state index in [1.54, 1.807) is 12.1 Å². The van der Waals surface area contributed by atoms with Gasteiger partial charge in [-0.3, -0.25) is 9.59 Å². The third-order valence-electron chi connectivity index (χ3n) is 5.81. The Hall–Kier alpha value is -3.35. The lowest BCUT2D eigenvalue weighted by atomic mass is 10.1. The van der Waals surface area contributed by atoms with Crippen LogP contribution in [-0.4, -0.2) is 43.0 Å². The fraction of sp³-hybridized carbons (Fsp3) is 0.375. The minimum Gasteiger partial charge on any atom is -0.452 e. The van der Waals surface area contributed by atoms with E-state index in [-0.39, 0.29) is 30.5 Å². The average molecular weight is 421 g/mol. The SMILES string of the molecule is C[C@H](CCc1ccccc1)NC(=O)COC(=O)c1ccc2c(c1)NC(=O)[C@H]1CCCN21. The minimum absolute atomic E-state index is 0.0289. The molecule has 1 fully saturated rings. The molecule has 0 radical (unpaired) electrons. The maximum absolute atomic E-state index is 12.4. The predicted molar refractivity (Wildman–Crippen MR) is 118 cm³/mol. The minimum atomic E-state index is -0.590. The lowest BCUT2D eigenvalue weighted by Crippen LogP contribution is -2.43. The molecule has 2 heterocycles. The summed E-state index contributed by atoms with van der Waals surface area (Å²) in [6, 6.07) is 15.0. The number of amides is 2. The van der Waals surface area contributed by atoms with Crippen LogP contribution in [0.1, 0.15) is 42.1 Å². The standard InChI is InChI=1S/C24H27N3O4/c1-16(9-10-17-6-3-2-4-7-17)25-22(28)15-31-24(30)18-11-12-20-19(14-18)26-23(29)21-8-5-13-27(20)21/h2-4,6-7,11-12,14,16,21H,5,8-10,13,15H2,1H3,(H,25,28)(H,26,29)/t16-,21-/m1/s1. The summed E-state index contributed by atoms with van der Waals surface area (Å²) in [5.41, 5.74) is 3.05. The maximum atomic E-state index is 12.4. The van der Waals surface area contributed by atoms with Crippen LogP contribution in [0.4, 0.5) is 11.4 Å². The van der Waals surface area contributed by atoms with Crippen LogP contribution < -0.4 is 15.5 Å². The van der Waals surface area contributed by atoms with Crippen molar-refractivity contribution < 1.29 is 19.1 Å². The molecule has 4 rings (SSSR count). The summed E-state index contributed by atoms with van der Waals surface area (Å²) in [6.45, 7) is 2.42. The highest BCUT2D eigenvalue weighted by Gasteiger charge is 2.36. The van der Waals surface area contributed by atoms with Gasteiger partial charge in [0.15, 0.2) is 6.61 Å². The Kier molecular flexibility index (Phi) is 6.21. The summed E-state index contributed by atoms with van der Waals surface area (Å²) in [5.74, 6) is -0.966. The lowest BCUT2D eigenvalue weighted by molar-refractivity contribution is -0.124. The van der Waals surface area contributed by atoms with Gasteiger partial charge in [-0.1, -0.05) is 30.3 Å². The monoisotopic (exact) mass is 421 g/mol. The molecule has 0 aliphatic carbocycles. The molecule has 2 aromatic rings. The third kappa shape index (κ3) is 4.87. The number of esters is 1. The molecule has 162 valence electrons. The van der Waals surface area contributed by atoms with Crippen molar-refractivity contribution in [1.82, 2.24) is 5.32 Å². The van der Waals surface area contributed by atoms with Crippen LogP contribution in [0, 0.1) is 0 Å². The van der Waals surface area contributed by atoms with Crippen LogP contribution in [0.3, 0.4) is 0 Å². The van der Waals surface area contributed by atoms with Crippen molar-refractivity contribution in [2.24, 2.45) is 0 Å². The fourth-order valence-electron chi connectivity index (χ4n) is 4.19. The Morgan fingerprint density at radius 1 is 1.23 bits per heavy atom. The van der Waals surface area contributed by atoms with Gasteiger partial charge in [-0.25, -0.2) is 4.79 Å². The highest BCUT2D eigenvalue weighted by atomic mass is 16.5. The number of rotatable bonds is 7. The lowest BCUT2D eigenvalue weighted by Gasteiger charge is -2.33. The van der Waals surface area contributed by atoms with Crippen LogP contribution in [-0.2, 0) is 20.7 Å². The largest absolute Gasteiger partial charge is 0.452 e. The van der Waals surface area contributed by atoms with Crippen molar-refractivity contribution in [2.45, 2.75) is 44.7 Å². The van der Waals surface area contributed by atoms with E-state index in [9.17, 15) is 14.4 Å². The van der Waals surface area contributed by atoms with Gasteiger partial charge in [-0.2, -0.15) is 0 Å². The zero-order valence-corrected chi connectivity index (χ0v) is 17.6. The molecule has 7 heteroatoms. The number of aryl methyl sites for hydroxylation is 1. The van der Waals surface area contributed by atoms with Crippen LogP contribution >= 0.6 is 0 Å². The van der Waals surface area contributed by atoms with Gasteiger partial charge in [0.1, 0.15) is 6.04 Å². The first-order chi connectivity index (χ1) is 15.0. The average Bonchev–Trinajstić information content (AvgIpc) is 3.27. The van der Waals surface area contributed by atoms with Crippen LogP contribution in [0.15, 0.2) is 48.5 Å². The Morgan fingerprint density at radius 2 is 2.03 bits per heavy atom. The Bertz CT molecular complexity index is 976. The van der Waals surface area contributed by atoms with Gasteiger partial charge in [0.05, 0.1) is 16.9 Å². The molecular weight excluding hydrogens is 394 g/mol. The molecule has 0 saturated carbocycles. The van der Waals surface area contributed by atoms with Gasteiger partial charge in [0.25, 0.3) is 5.91 Å². The molecule has 0 bridgehead atoms. The van der Waals surface area contributed by atoms with Crippen LogP contribution in [0.25, 0.3) is 0 Å². The van der Waals surface area contributed by atoms with Crippen molar-refractivity contribution in [3.8, 4) is 0 Å². The van der Waals surface area contributed by atoms with Crippen LogP contribution in [0.5, 0.6) is 0 Å². The van der Waals surface area contributed by atoms with Crippen molar-refractivity contribution in [1.29, 1.82) is 0 Å². The van der Waals surface area contributed by atoms with Crippen molar-refractivity contribution in [3.05, 3.63) is 59.7 Å². The second kappa shape index (κ2) is 9.20. The molecule has 2 N–H and O–H groups in total. The second-order valence-electron chi connectivity index (χ2n) is 8.14. The smallest absolute Gasteiger partial charge is 0.338 e. The molecule has 7 nitrogen and oxygen atoms in total. The number of hydrogen-bond acceptors (Lipinski definition) is 5. The van der Waals surface area contributed by atoms with Crippen LogP contribution in [0.2, 0.25) is 0 Å². The van der Waals surface area contributed by atoms with E-state index in [1.807, 2.05) is 31.2 Å². The Labute approximate surface area is 181 Å². The van der Waals surface area contributed by atoms with E-state index in [1.165, 1.54) is 5.56 Å². The molecule has 1 saturated heterocycles. The van der Waals surface area contributed by atoms with Gasteiger partial charge in [0, 0.05) is 12.6 Å². The number of ether oxygens (including phenoxy) is 1. The Balaban J connectivity index is 1.27.